The summed E-state index contributed by atoms with van der Waals surface area (Å²) in [4.78, 5) is 12.6. The molecule has 2 fully saturated rings. The van der Waals surface area contributed by atoms with Gasteiger partial charge >= 0.3 is 5.97 Å². The average molecular weight is 185 g/mol. The molecule has 0 radical (unpaired) electrons. The zero-order valence-corrected chi connectivity index (χ0v) is 7.77. The van der Waals surface area contributed by atoms with E-state index in [0.29, 0.717) is 12.5 Å². The molecule has 2 aliphatic rings. The summed E-state index contributed by atoms with van der Waals surface area (Å²) in [6.45, 7) is 0.757. The predicted molar refractivity (Wildman–Crippen MR) is 46.6 cm³/mol. The van der Waals surface area contributed by atoms with Crippen LogP contribution in [0.25, 0.3) is 0 Å². The minimum Gasteiger partial charge on any atom is -0.480 e. The molecular formula is C9H15NO3. The van der Waals surface area contributed by atoms with Crippen LogP contribution in [0.1, 0.15) is 19.3 Å². The van der Waals surface area contributed by atoms with Gasteiger partial charge in [0.15, 0.2) is 0 Å². The molecule has 2 rings (SSSR count). The Balaban J connectivity index is 1.85. The maximum Gasteiger partial charge on any atom is 0.321 e. The molecule has 0 aromatic carbocycles. The molecule has 0 aromatic rings. The number of carboxylic acid groups (broad SMARTS) is 1. The fourth-order valence-electron chi connectivity index (χ4n) is 1.82. The minimum absolute atomic E-state index is 0.138. The first-order valence-corrected chi connectivity index (χ1v) is 4.75. The van der Waals surface area contributed by atoms with Crippen molar-refractivity contribution in [2.45, 2.75) is 37.5 Å². The minimum atomic E-state index is -0.732. The van der Waals surface area contributed by atoms with Crippen molar-refractivity contribution in [1.82, 2.24) is 4.90 Å². The number of nitrogens with zero attached hydrogens (tertiary/aromatic N) is 1. The highest BCUT2D eigenvalue weighted by atomic mass is 16.5. The number of aliphatic carboxylic acids is 1. The molecule has 1 N–H and O–H groups in total. The lowest BCUT2D eigenvalue weighted by Crippen LogP contribution is -2.32. The summed E-state index contributed by atoms with van der Waals surface area (Å²) in [7, 11) is 1.84. The maximum absolute atomic E-state index is 10.8. The summed E-state index contributed by atoms with van der Waals surface area (Å²) in [6, 6.07) is -0.344. The Kier molecular flexibility index (Phi) is 2.26. The molecule has 1 saturated heterocycles. The van der Waals surface area contributed by atoms with Gasteiger partial charge < -0.3 is 9.84 Å². The highest BCUT2D eigenvalue weighted by molar-refractivity contribution is 5.73. The van der Waals surface area contributed by atoms with Gasteiger partial charge in [0.1, 0.15) is 6.04 Å². The molecule has 4 heteroatoms. The van der Waals surface area contributed by atoms with Gasteiger partial charge in [-0.2, -0.15) is 0 Å². The summed E-state index contributed by atoms with van der Waals surface area (Å²) in [6.07, 6.45) is 3.50. The van der Waals surface area contributed by atoms with Crippen molar-refractivity contribution in [3.63, 3.8) is 0 Å². The number of likely N-dealkylation sites (tertiary alicyclic amines) is 1. The average Bonchev–Trinajstić information content (AvgIpc) is 2.75. The normalized spacial score (nSPS) is 35.2. The van der Waals surface area contributed by atoms with Gasteiger partial charge in [0.2, 0.25) is 0 Å². The standard InChI is InChI=1S/C9H15NO3/c1-10-5-7(13-6-2-3-6)4-8(10)9(11)12/h6-8H,2-5H2,1H3,(H,11,12)/t7-,8+/m1/s1. The topological polar surface area (TPSA) is 49.8 Å². The summed E-state index contributed by atoms with van der Waals surface area (Å²) < 4.78 is 5.67. The molecule has 2 atom stereocenters. The monoisotopic (exact) mass is 185 g/mol. The van der Waals surface area contributed by atoms with Crippen molar-refractivity contribution in [2.24, 2.45) is 0 Å². The van der Waals surface area contributed by atoms with E-state index in [-0.39, 0.29) is 12.1 Å². The van der Waals surface area contributed by atoms with Crippen LogP contribution < -0.4 is 0 Å². The number of hydrogen-bond donors (Lipinski definition) is 1. The first-order valence-electron chi connectivity index (χ1n) is 4.75. The molecule has 13 heavy (non-hydrogen) atoms. The molecule has 4 nitrogen and oxygen atoms in total. The Morgan fingerprint density at radius 3 is 2.62 bits per heavy atom. The van der Waals surface area contributed by atoms with E-state index in [0.717, 1.165) is 19.4 Å². The molecule has 0 amide bonds. The van der Waals surface area contributed by atoms with E-state index in [4.69, 9.17) is 9.84 Å². The second-order valence-electron chi connectivity index (χ2n) is 3.99. The number of carboxylic acids is 1. The molecule has 0 spiro atoms. The molecule has 1 aliphatic carbocycles. The molecule has 1 aliphatic heterocycles. The van der Waals surface area contributed by atoms with Crippen LogP contribution in [0.2, 0.25) is 0 Å². The van der Waals surface area contributed by atoms with Crippen LogP contribution >= 0.6 is 0 Å². The fourth-order valence-corrected chi connectivity index (χ4v) is 1.82. The van der Waals surface area contributed by atoms with E-state index in [9.17, 15) is 4.79 Å². The molecule has 0 unspecified atom stereocenters. The van der Waals surface area contributed by atoms with E-state index in [2.05, 4.69) is 0 Å². The number of rotatable bonds is 3. The van der Waals surface area contributed by atoms with Gasteiger partial charge in [-0.05, 0) is 19.9 Å². The van der Waals surface area contributed by atoms with Crippen LogP contribution in [0.4, 0.5) is 0 Å². The number of ether oxygens (including phenoxy) is 1. The van der Waals surface area contributed by atoms with Crippen molar-refractivity contribution < 1.29 is 14.6 Å². The lowest BCUT2D eigenvalue weighted by Gasteiger charge is -2.13. The summed E-state index contributed by atoms with van der Waals surface area (Å²) in [5.74, 6) is -0.732. The molecule has 1 heterocycles. The van der Waals surface area contributed by atoms with Gasteiger partial charge in [0.05, 0.1) is 12.2 Å². The van der Waals surface area contributed by atoms with E-state index < -0.39 is 5.97 Å². The Hall–Kier alpha value is -0.610. The summed E-state index contributed by atoms with van der Waals surface area (Å²) in [5, 5.41) is 8.85. The van der Waals surface area contributed by atoms with Gasteiger partial charge in [0, 0.05) is 13.0 Å². The zero-order valence-electron chi connectivity index (χ0n) is 7.77. The van der Waals surface area contributed by atoms with Crippen molar-refractivity contribution in [2.75, 3.05) is 13.6 Å². The van der Waals surface area contributed by atoms with Crippen molar-refractivity contribution in [3.05, 3.63) is 0 Å². The quantitative estimate of drug-likeness (QED) is 0.688. The second kappa shape index (κ2) is 3.27. The van der Waals surface area contributed by atoms with E-state index in [1.165, 1.54) is 0 Å². The molecule has 74 valence electrons. The summed E-state index contributed by atoms with van der Waals surface area (Å²) in [5.41, 5.74) is 0. The summed E-state index contributed by atoms with van der Waals surface area (Å²) >= 11 is 0. The van der Waals surface area contributed by atoms with E-state index in [1.54, 1.807) is 0 Å². The lowest BCUT2D eigenvalue weighted by molar-refractivity contribution is -0.141. The van der Waals surface area contributed by atoms with Crippen LogP contribution in [0, 0.1) is 0 Å². The van der Waals surface area contributed by atoms with Gasteiger partial charge in [-0.25, -0.2) is 0 Å². The van der Waals surface area contributed by atoms with Gasteiger partial charge in [-0.15, -0.1) is 0 Å². The first kappa shape index (κ1) is 8.97. The third kappa shape index (κ3) is 2.00. The number of likely N-dealkylation sites (N-methyl/N-ethyl adjacent to an activating group) is 1. The number of hydrogen-bond acceptors (Lipinski definition) is 3. The van der Waals surface area contributed by atoms with Crippen LogP contribution in [-0.4, -0.2) is 47.8 Å². The van der Waals surface area contributed by atoms with Crippen LogP contribution in [0.15, 0.2) is 0 Å². The Bertz CT molecular complexity index is 215. The van der Waals surface area contributed by atoms with Crippen LogP contribution in [-0.2, 0) is 9.53 Å². The van der Waals surface area contributed by atoms with Crippen LogP contribution in [0.5, 0.6) is 0 Å². The maximum atomic E-state index is 10.8. The highest BCUT2D eigenvalue weighted by Gasteiger charge is 2.37. The second-order valence-corrected chi connectivity index (χ2v) is 3.99. The lowest BCUT2D eigenvalue weighted by atomic mass is 10.2. The largest absolute Gasteiger partial charge is 0.480 e. The third-order valence-electron chi connectivity index (χ3n) is 2.70. The van der Waals surface area contributed by atoms with Crippen molar-refractivity contribution in [1.29, 1.82) is 0 Å². The van der Waals surface area contributed by atoms with E-state index >= 15 is 0 Å². The highest BCUT2D eigenvalue weighted by Crippen LogP contribution is 2.29. The molecule has 0 aromatic heterocycles. The molecule has 0 bridgehead atoms. The van der Waals surface area contributed by atoms with E-state index in [1.807, 2.05) is 11.9 Å². The Morgan fingerprint density at radius 1 is 1.46 bits per heavy atom. The van der Waals surface area contributed by atoms with Gasteiger partial charge in [-0.1, -0.05) is 0 Å². The molecule has 1 saturated carbocycles. The zero-order chi connectivity index (χ0) is 9.42. The smallest absolute Gasteiger partial charge is 0.321 e. The first-order chi connectivity index (χ1) is 6.16. The SMILES string of the molecule is CN1C[C@H](OC2CC2)C[C@H]1C(=O)O. The van der Waals surface area contributed by atoms with Gasteiger partial charge in [-0.3, -0.25) is 9.69 Å². The Morgan fingerprint density at radius 2 is 2.15 bits per heavy atom. The fraction of sp³-hybridized carbons (Fsp3) is 0.889. The van der Waals surface area contributed by atoms with Crippen LogP contribution in [0.3, 0.4) is 0 Å². The van der Waals surface area contributed by atoms with Gasteiger partial charge in [0.25, 0.3) is 0 Å². The molecular weight excluding hydrogens is 170 g/mol. The van der Waals surface area contributed by atoms with Crippen molar-refractivity contribution in [3.8, 4) is 0 Å². The number of carbonyl (C=O) groups is 1. The Labute approximate surface area is 77.5 Å². The van der Waals surface area contributed by atoms with Crippen molar-refractivity contribution >= 4 is 5.97 Å². The predicted octanol–water partition coefficient (Wildman–Crippen LogP) is 0.323. The third-order valence-corrected chi connectivity index (χ3v) is 2.70.